The molecule has 2 atom stereocenters. The van der Waals surface area contributed by atoms with E-state index in [9.17, 15) is 14.7 Å². The zero-order valence-electron chi connectivity index (χ0n) is 21.4. The molecule has 3 aliphatic heterocycles. The topological polar surface area (TPSA) is 99.0 Å². The van der Waals surface area contributed by atoms with E-state index in [1.807, 2.05) is 13.0 Å². The minimum atomic E-state index is -0.760. The Morgan fingerprint density at radius 1 is 1.08 bits per heavy atom. The molecule has 9 nitrogen and oxygen atoms in total. The molecule has 0 radical (unpaired) electrons. The lowest BCUT2D eigenvalue weighted by molar-refractivity contribution is -0.907. The van der Waals surface area contributed by atoms with Crippen LogP contribution in [0.15, 0.2) is 42.0 Å². The number of aliphatic hydroxyl groups is 1. The van der Waals surface area contributed by atoms with E-state index < -0.39 is 17.7 Å². The van der Waals surface area contributed by atoms with Crippen molar-refractivity contribution in [1.29, 1.82) is 0 Å². The molecule has 0 aliphatic carbocycles. The molecule has 0 spiro atoms. The van der Waals surface area contributed by atoms with E-state index in [4.69, 9.17) is 18.9 Å². The van der Waals surface area contributed by atoms with Gasteiger partial charge in [0.1, 0.15) is 30.7 Å². The zero-order chi connectivity index (χ0) is 26.1. The molecule has 2 aromatic carbocycles. The lowest BCUT2D eigenvalue weighted by Crippen LogP contribution is -3.14. The van der Waals surface area contributed by atoms with Crippen LogP contribution >= 0.6 is 0 Å². The minimum Gasteiger partial charge on any atom is -0.507 e. The summed E-state index contributed by atoms with van der Waals surface area (Å²) in [4.78, 5) is 29.6. The van der Waals surface area contributed by atoms with Crippen LogP contribution < -0.4 is 19.1 Å². The van der Waals surface area contributed by atoms with Crippen LogP contribution in [-0.2, 0) is 20.7 Å². The summed E-state index contributed by atoms with van der Waals surface area (Å²) in [5.74, 6) is 0.282. The van der Waals surface area contributed by atoms with Gasteiger partial charge in [-0.05, 0) is 48.4 Å². The fourth-order valence-electron chi connectivity index (χ4n) is 5.39. The lowest BCUT2D eigenvalue weighted by Gasteiger charge is -2.29. The predicted octanol–water partition coefficient (Wildman–Crippen LogP) is 1.36. The van der Waals surface area contributed by atoms with Gasteiger partial charge in [0.15, 0.2) is 11.5 Å². The maximum absolute atomic E-state index is 13.4. The van der Waals surface area contributed by atoms with Crippen molar-refractivity contribution < 1.29 is 38.5 Å². The molecule has 0 aromatic heterocycles. The van der Waals surface area contributed by atoms with Gasteiger partial charge in [0, 0.05) is 12.0 Å². The first kappa shape index (κ1) is 25.1. The minimum absolute atomic E-state index is 0.0485. The lowest BCUT2D eigenvalue weighted by atomic mass is 9.94. The number of nitrogens with one attached hydrogen (secondary N) is 1. The number of morpholine rings is 1. The number of carbonyl (C=O) groups is 2. The van der Waals surface area contributed by atoms with Crippen LogP contribution in [0.25, 0.3) is 5.76 Å². The van der Waals surface area contributed by atoms with Gasteiger partial charge in [0.05, 0.1) is 52.1 Å². The molecule has 3 heterocycles. The number of aliphatic hydroxyl groups excluding tert-OH is 1. The van der Waals surface area contributed by atoms with Gasteiger partial charge in [0.2, 0.25) is 0 Å². The Labute approximate surface area is 216 Å². The molecule has 0 bridgehead atoms. The van der Waals surface area contributed by atoms with Crippen LogP contribution in [0.2, 0.25) is 0 Å². The molecule has 2 N–H and O–H groups in total. The summed E-state index contributed by atoms with van der Waals surface area (Å²) in [6, 6.07) is 9.91. The number of benzene rings is 2. The molecule has 2 saturated heterocycles. The van der Waals surface area contributed by atoms with Gasteiger partial charge in [-0.1, -0.05) is 6.07 Å². The molecule has 37 heavy (non-hydrogen) atoms. The summed E-state index contributed by atoms with van der Waals surface area (Å²) >= 11 is 0. The number of rotatable bonds is 7. The van der Waals surface area contributed by atoms with E-state index >= 15 is 0 Å². The number of carbonyl (C=O) groups excluding carboxylic acids is 2. The van der Waals surface area contributed by atoms with Crippen LogP contribution in [0.1, 0.15) is 29.7 Å². The standard InChI is InChI=1S/C28H32N2O7/c1-17-14-20-15-19(5-6-21(20)37-17)26(31)24-25(18-4-7-22(34-2)23(16-18)35-3)30(28(33)27(24)32)9-8-29-10-12-36-13-11-29/h4-7,15-17,25,31H,8-14H2,1-3H3/p+1/t17-,25-/m0/s1. The molecule has 5 rings (SSSR count). The second-order valence-electron chi connectivity index (χ2n) is 9.67. The Morgan fingerprint density at radius 3 is 2.57 bits per heavy atom. The van der Waals surface area contributed by atoms with Crippen molar-refractivity contribution in [3.05, 3.63) is 58.7 Å². The number of hydrogen-bond acceptors (Lipinski definition) is 7. The van der Waals surface area contributed by atoms with Gasteiger partial charge >= 0.3 is 0 Å². The fraction of sp³-hybridized carbons (Fsp3) is 0.429. The van der Waals surface area contributed by atoms with Gasteiger partial charge in [-0.3, -0.25) is 9.59 Å². The van der Waals surface area contributed by atoms with E-state index in [0.29, 0.717) is 55.4 Å². The smallest absolute Gasteiger partial charge is 0.295 e. The molecule has 2 fully saturated rings. The van der Waals surface area contributed by atoms with Crippen molar-refractivity contribution >= 4 is 17.4 Å². The maximum atomic E-state index is 13.4. The summed E-state index contributed by atoms with van der Waals surface area (Å²) in [6.07, 6.45) is 0.763. The molecule has 1 amide bonds. The number of ketones is 1. The summed E-state index contributed by atoms with van der Waals surface area (Å²) in [6.45, 7) is 6.07. The predicted molar refractivity (Wildman–Crippen MR) is 135 cm³/mol. The van der Waals surface area contributed by atoms with Gasteiger partial charge in [-0.25, -0.2) is 0 Å². The number of amides is 1. The molecule has 0 unspecified atom stereocenters. The normalized spacial score (nSPS) is 23.2. The first-order valence-corrected chi connectivity index (χ1v) is 12.6. The average molecular weight is 510 g/mol. The number of methoxy groups -OCH3 is 2. The average Bonchev–Trinajstić information content (AvgIpc) is 3.42. The van der Waals surface area contributed by atoms with Crippen LogP contribution in [0.4, 0.5) is 0 Å². The molecule has 0 saturated carbocycles. The van der Waals surface area contributed by atoms with Crippen LogP contribution in [0.5, 0.6) is 17.2 Å². The molecular formula is C28H33N2O7+. The highest BCUT2D eigenvalue weighted by molar-refractivity contribution is 6.46. The monoisotopic (exact) mass is 509 g/mol. The number of nitrogens with zero attached hydrogens (tertiary/aromatic N) is 1. The Kier molecular flexibility index (Phi) is 7.08. The molecule has 2 aromatic rings. The van der Waals surface area contributed by atoms with E-state index in [1.165, 1.54) is 12.0 Å². The molecule has 9 heteroatoms. The summed E-state index contributed by atoms with van der Waals surface area (Å²) in [5.41, 5.74) is 2.18. The first-order valence-electron chi connectivity index (χ1n) is 12.6. The summed E-state index contributed by atoms with van der Waals surface area (Å²) < 4.78 is 22.1. The van der Waals surface area contributed by atoms with E-state index in [2.05, 4.69) is 0 Å². The number of fused-ring (bicyclic) bond motifs is 1. The van der Waals surface area contributed by atoms with Gasteiger partial charge < -0.3 is 33.9 Å². The fourth-order valence-corrected chi connectivity index (χ4v) is 5.39. The largest absolute Gasteiger partial charge is 0.507 e. The third-order valence-corrected chi connectivity index (χ3v) is 7.34. The Hall–Kier alpha value is -3.56. The second-order valence-corrected chi connectivity index (χ2v) is 9.67. The number of quaternary nitrogens is 1. The maximum Gasteiger partial charge on any atom is 0.295 e. The number of hydrogen-bond donors (Lipinski definition) is 2. The zero-order valence-corrected chi connectivity index (χ0v) is 21.4. The Morgan fingerprint density at radius 2 is 1.84 bits per heavy atom. The van der Waals surface area contributed by atoms with Crippen LogP contribution in [-0.4, -0.2) is 81.4 Å². The van der Waals surface area contributed by atoms with Gasteiger partial charge in [-0.15, -0.1) is 0 Å². The van der Waals surface area contributed by atoms with Crippen LogP contribution in [0, 0.1) is 0 Å². The molecule has 3 aliphatic rings. The number of ether oxygens (including phenoxy) is 4. The number of Topliss-reactive ketones (excluding diaryl/α,β-unsaturated/α-hetero) is 1. The summed E-state index contributed by atoms with van der Waals surface area (Å²) in [7, 11) is 3.08. The molecular weight excluding hydrogens is 476 g/mol. The van der Waals surface area contributed by atoms with Crippen molar-refractivity contribution in [2.45, 2.75) is 25.5 Å². The third-order valence-electron chi connectivity index (χ3n) is 7.34. The Balaban J connectivity index is 1.56. The summed E-state index contributed by atoms with van der Waals surface area (Å²) in [5, 5.41) is 11.5. The highest BCUT2D eigenvalue weighted by Gasteiger charge is 2.46. The van der Waals surface area contributed by atoms with Gasteiger partial charge in [0.25, 0.3) is 11.7 Å². The van der Waals surface area contributed by atoms with Gasteiger partial charge in [-0.2, -0.15) is 0 Å². The third kappa shape index (κ3) is 4.76. The highest BCUT2D eigenvalue weighted by Crippen LogP contribution is 2.42. The van der Waals surface area contributed by atoms with E-state index in [1.54, 1.807) is 42.3 Å². The Bertz CT molecular complexity index is 1240. The van der Waals surface area contributed by atoms with Crippen molar-refractivity contribution in [3.8, 4) is 17.2 Å². The van der Waals surface area contributed by atoms with Crippen LogP contribution in [0.3, 0.4) is 0 Å². The second kappa shape index (κ2) is 10.4. The quantitative estimate of drug-likeness (QED) is 0.330. The van der Waals surface area contributed by atoms with E-state index in [0.717, 1.165) is 24.4 Å². The highest BCUT2D eigenvalue weighted by atomic mass is 16.5. The first-order chi connectivity index (χ1) is 17.9. The van der Waals surface area contributed by atoms with Crippen molar-refractivity contribution in [2.24, 2.45) is 0 Å². The number of likely N-dealkylation sites (tertiary alicyclic amines) is 1. The van der Waals surface area contributed by atoms with Crippen molar-refractivity contribution in [2.75, 3.05) is 53.6 Å². The van der Waals surface area contributed by atoms with Crippen molar-refractivity contribution in [3.63, 3.8) is 0 Å². The van der Waals surface area contributed by atoms with Crippen molar-refractivity contribution in [1.82, 2.24) is 4.90 Å². The SMILES string of the molecule is COc1ccc([C@H]2C(=C(O)c3ccc4c(c3)C[C@H](C)O4)C(=O)C(=O)N2CC[NH+]2CCOCC2)cc1OC. The van der Waals surface area contributed by atoms with E-state index in [-0.39, 0.29) is 17.4 Å². The molecule has 196 valence electrons.